The second kappa shape index (κ2) is 8.59. The number of phenols is 1. The van der Waals surface area contributed by atoms with E-state index in [-0.39, 0.29) is 35.8 Å². The van der Waals surface area contributed by atoms with Crippen molar-refractivity contribution in [2.75, 3.05) is 19.6 Å². The van der Waals surface area contributed by atoms with Gasteiger partial charge >= 0.3 is 6.03 Å². The molecule has 0 bridgehead atoms. The number of hydrogen-bond acceptors (Lipinski definition) is 5. The smallest absolute Gasteiger partial charge is 0.325 e. The zero-order valence-corrected chi connectivity index (χ0v) is 18.8. The third kappa shape index (κ3) is 3.73. The molecule has 0 unspecified atom stereocenters. The molecule has 2 fully saturated rings. The van der Waals surface area contributed by atoms with Crippen molar-refractivity contribution >= 4 is 23.6 Å². The Hall–Kier alpha value is -3.68. The van der Waals surface area contributed by atoms with Crippen molar-refractivity contribution in [2.24, 2.45) is 5.92 Å². The van der Waals surface area contributed by atoms with Crippen LogP contribution in [0.1, 0.15) is 47.2 Å². The predicted molar refractivity (Wildman–Crippen MR) is 123 cm³/mol. The molecule has 34 heavy (non-hydrogen) atoms. The normalized spacial score (nSPS) is 22.6. The van der Waals surface area contributed by atoms with Crippen LogP contribution in [0, 0.1) is 5.92 Å². The van der Waals surface area contributed by atoms with Crippen LogP contribution < -0.4 is 5.32 Å². The Morgan fingerprint density at radius 3 is 2.47 bits per heavy atom. The first-order valence-electron chi connectivity index (χ1n) is 11.7. The van der Waals surface area contributed by atoms with Gasteiger partial charge in [0.05, 0.1) is 0 Å². The number of phenolic OH excluding ortho intramolecular Hbond substituents is 1. The highest BCUT2D eigenvalue weighted by Gasteiger charge is 2.54. The molecule has 0 radical (unpaired) electrons. The van der Waals surface area contributed by atoms with E-state index in [1.807, 2.05) is 24.3 Å². The molecule has 176 valence electrons. The molecule has 0 aromatic heterocycles. The summed E-state index contributed by atoms with van der Waals surface area (Å²) < 4.78 is 0. The predicted octanol–water partition coefficient (Wildman–Crippen LogP) is 2.60. The lowest BCUT2D eigenvalue weighted by Gasteiger charge is -2.34. The lowest BCUT2D eigenvalue weighted by atomic mass is 9.76. The van der Waals surface area contributed by atoms with Crippen LogP contribution in [0.4, 0.5) is 4.79 Å². The second-order valence-electron chi connectivity index (χ2n) is 9.30. The lowest BCUT2D eigenvalue weighted by Crippen LogP contribution is -2.48. The van der Waals surface area contributed by atoms with E-state index in [0.717, 1.165) is 28.9 Å². The largest absolute Gasteiger partial charge is 0.508 e. The van der Waals surface area contributed by atoms with E-state index in [9.17, 15) is 24.3 Å². The number of rotatable bonds is 4. The number of Topliss-reactive ketones (excluding diaryl/α,β-unsaturated/α-hetero) is 1. The molecule has 2 N–H and O–H groups in total. The van der Waals surface area contributed by atoms with Gasteiger partial charge in [-0.1, -0.05) is 24.3 Å². The number of hydrogen-bond donors (Lipinski definition) is 2. The molecule has 1 atom stereocenters. The fourth-order valence-electron chi connectivity index (χ4n) is 5.44. The minimum absolute atomic E-state index is 0.000831. The number of aryl methyl sites for hydroxylation is 1. The molecular formula is C26H27N3O5. The summed E-state index contributed by atoms with van der Waals surface area (Å²) in [7, 11) is 0. The van der Waals surface area contributed by atoms with Crippen LogP contribution in [0.5, 0.6) is 5.75 Å². The minimum atomic E-state index is -1.09. The number of carbonyl (C=O) groups is 4. The topological polar surface area (TPSA) is 107 Å². The third-order valence-corrected chi connectivity index (χ3v) is 7.31. The number of ketones is 1. The molecular weight excluding hydrogens is 434 g/mol. The van der Waals surface area contributed by atoms with Crippen molar-refractivity contribution in [3.8, 4) is 5.75 Å². The van der Waals surface area contributed by atoms with Gasteiger partial charge in [0.2, 0.25) is 5.91 Å². The summed E-state index contributed by atoms with van der Waals surface area (Å²) in [6.45, 7) is 0.487. The zero-order chi connectivity index (χ0) is 23.9. The summed E-state index contributed by atoms with van der Waals surface area (Å²) in [5.41, 5.74) is 1.33. The average molecular weight is 462 g/mol. The number of nitrogens with zero attached hydrogens (tertiary/aromatic N) is 2. The van der Waals surface area contributed by atoms with E-state index in [0.29, 0.717) is 37.9 Å². The molecule has 5 rings (SSSR count). The molecule has 2 aromatic carbocycles. The Morgan fingerprint density at radius 2 is 1.74 bits per heavy atom. The Labute approximate surface area is 197 Å². The van der Waals surface area contributed by atoms with E-state index < -0.39 is 11.6 Å². The Bertz CT molecular complexity index is 1150. The van der Waals surface area contributed by atoms with Crippen molar-refractivity contribution in [2.45, 2.75) is 37.6 Å². The molecule has 2 heterocycles. The number of nitrogens with one attached hydrogen (secondary N) is 1. The van der Waals surface area contributed by atoms with E-state index in [1.54, 1.807) is 17.0 Å². The van der Waals surface area contributed by atoms with Crippen LogP contribution in [0.3, 0.4) is 0 Å². The van der Waals surface area contributed by atoms with Gasteiger partial charge in [0.15, 0.2) is 5.78 Å². The fraction of sp³-hybridized carbons (Fsp3) is 0.385. The van der Waals surface area contributed by atoms with Crippen LogP contribution in [0.2, 0.25) is 0 Å². The molecule has 0 saturated carbocycles. The summed E-state index contributed by atoms with van der Waals surface area (Å²) in [5.74, 6) is -0.752. The molecule has 2 saturated heterocycles. The summed E-state index contributed by atoms with van der Waals surface area (Å²) in [5, 5.41) is 12.3. The van der Waals surface area contributed by atoms with Gasteiger partial charge in [0.25, 0.3) is 5.91 Å². The molecule has 8 nitrogen and oxygen atoms in total. The van der Waals surface area contributed by atoms with Crippen LogP contribution in [-0.2, 0) is 21.5 Å². The van der Waals surface area contributed by atoms with Gasteiger partial charge in [0, 0.05) is 24.6 Å². The summed E-state index contributed by atoms with van der Waals surface area (Å²) in [6.07, 6.45) is 3.20. The van der Waals surface area contributed by atoms with Crippen molar-refractivity contribution in [1.82, 2.24) is 15.1 Å². The van der Waals surface area contributed by atoms with Crippen LogP contribution in [0.15, 0.2) is 48.5 Å². The van der Waals surface area contributed by atoms with E-state index in [2.05, 4.69) is 5.32 Å². The summed E-state index contributed by atoms with van der Waals surface area (Å²) in [4.78, 5) is 54.6. The van der Waals surface area contributed by atoms with Gasteiger partial charge in [0.1, 0.15) is 17.8 Å². The zero-order valence-electron chi connectivity index (χ0n) is 18.8. The average Bonchev–Trinajstić information content (AvgIpc) is 3.09. The number of amides is 4. The summed E-state index contributed by atoms with van der Waals surface area (Å²) in [6, 6.07) is 13.3. The quantitative estimate of drug-likeness (QED) is 0.538. The summed E-state index contributed by atoms with van der Waals surface area (Å²) >= 11 is 0. The van der Waals surface area contributed by atoms with Gasteiger partial charge in [-0.25, -0.2) is 4.79 Å². The molecule has 4 amide bonds. The first-order chi connectivity index (χ1) is 16.4. The molecule has 8 heteroatoms. The number of imide groups is 1. The maximum Gasteiger partial charge on any atom is 0.325 e. The van der Waals surface area contributed by atoms with Gasteiger partial charge in [-0.3, -0.25) is 19.3 Å². The number of aromatic hydroxyl groups is 1. The van der Waals surface area contributed by atoms with Gasteiger partial charge in [-0.2, -0.15) is 0 Å². The first kappa shape index (κ1) is 22.1. The second-order valence-corrected chi connectivity index (χ2v) is 9.30. The lowest BCUT2D eigenvalue weighted by molar-refractivity contribution is -0.140. The molecule has 3 aliphatic rings. The first-order valence-corrected chi connectivity index (χ1v) is 11.7. The highest BCUT2D eigenvalue weighted by Crippen LogP contribution is 2.39. The molecule has 1 spiro atoms. The van der Waals surface area contributed by atoms with Gasteiger partial charge in [-0.15, -0.1) is 0 Å². The SMILES string of the molecule is O=C(c1ccc(O)cc1)C1CCN(C(=O)CN2C(=O)N[C@@]3(CCCc4ccccc43)C2=O)CC1. The van der Waals surface area contributed by atoms with Gasteiger partial charge < -0.3 is 15.3 Å². The van der Waals surface area contributed by atoms with E-state index >= 15 is 0 Å². The molecule has 2 aliphatic heterocycles. The fourth-order valence-corrected chi connectivity index (χ4v) is 5.44. The number of benzene rings is 2. The standard InChI is InChI=1S/C26H27N3O5/c30-20-9-7-18(8-10-20)23(32)19-11-14-28(15-12-19)22(31)16-29-24(33)26(27-25(29)34)13-3-5-17-4-1-2-6-21(17)26/h1-2,4,6-10,19,30H,3,5,11-16H2,(H,27,34)/t26-/m1/s1. The number of piperidine rings is 1. The van der Waals surface area contributed by atoms with E-state index in [1.165, 1.54) is 12.1 Å². The number of fused-ring (bicyclic) bond motifs is 2. The van der Waals surface area contributed by atoms with Crippen LogP contribution >= 0.6 is 0 Å². The number of carbonyl (C=O) groups excluding carboxylic acids is 4. The van der Waals surface area contributed by atoms with Crippen molar-refractivity contribution in [1.29, 1.82) is 0 Å². The Balaban J connectivity index is 1.23. The van der Waals surface area contributed by atoms with Crippen molar-refractivity contribution < 1.29 is 24.3 Å². The Kier molecular flexibility index (Phi) is 5.59. The van der Waals surface area contributed by atoms with Crippen LogP contribution in [-0.4, -0.2) is 58.2 Å². The van der Waals surface area contributed by atoms with E-state index in [4.69, 9.17) is 0 Å². The monoisotopic (exact) mass is 461 g/mol. The maximum absolute atomic E-state index is 13.4. The number of likely N-dealkylation sites (tertiary alicyclic amines) is 1. The highest BCUT2D eigenvalue weighted by molar-refractivity contribution is 6.09. The highest BCUT2D eigenvalue weighted by atomic mass is 16.3. The van der Waals surface area contributed by atoms with Crippen LogP contribution in [0.25, 0.3) is 0 Å². The maximum atomic E-state index is 13.4. The molecule has 2 aromatic rings. The third-order valence-electron chi connectivity index (χ3n) is 7.31. The van der Waals surface area contributed by atoms with Crippen molar-refractivity contribution in [3.63, 3.8) is 0 Å². The van der Waals surface area contributed by atoms with Gasteiger partial charge in [-0.05, 0) is 67.5 Å². The minimum Gasteiger partial charge on any atom is -0.508 e. The molecule has 1 aliphatic carbocycles. The number of urea groups is 1. The van der Waals surface area contributed by atoms with Crippen molar-refractivity contribution in [3.05, 3.63) is 65.2 Å². The Morgan fingerprint density at radius 1 is 1.03 bits per heavy atom.